The molecule has 0 bridgehead atoms. The van der Waals surface area contributed by atoms with Crippen molar-refractivity contribution < 1.29 is 4.74 Å². The largest absolute Gasteiger partial charge is 0.455 e. The molecule has 7 aromatic carbocycles. The number of hydrogen-bond acceptors (Lipinski definition) is 4. The fourth-order valence-electron chi connectivity index (χ4n) is 6.48. The Bertz CT molecular complexity index is 2410. The molecule has 4 heteroatoms. The average molecular weight is 602 g/mol. The van der Waals surface area contributed by atoms with E-state index in [0.29, 0.717) is 17.5 Å². The standard InChI is InChI=1S/C43H27N3O/c1-4-12-28(13-5-1)29-22-24-32(25-23-29)42-44-41(31-16-8-3-9-17-31)45-43(46-42)37-26-27-38-39-34(19-11-20-35(37)39)36-21-10-18-33(40(36)47-38)30-14-6-2-7-15-30/h1-27H. The highest BCUT2D eigenvalue weighted by Crippen LogP contribution is 2.51. The van der Waals surface area contributed by atoms with Gasteiger partial charge < -0.3 is 4.74 Å². The molecule has 0 atom stereocenters. The number of rotatable bonds is 5. The Morgan fingerprint density at radius 3 is 1.53 bits per heavy atom. The summed E-state index contributed by atoms with van der Waals surface area (Å²) in [4.78, 5) is 15.1. The molecule has 2 heterocycles. The van der Waals surface area contributed by atoms with E-state index in [1.807, 2.05) is 48.5 Å². The van der Waals surface area contributed by atoms with E-state index in [9.17, 15) is 0 Å². The average Bonchev–Trinajstić information content (AvgIpc) is 3.16. The molecular formula is C43H27N3O. The highest BCUT2D eigenvalue weighted by molar-refractivity contribution is 6.10. The molecule has 9 rings (SSSR count). The van der Waals surface area contributed by atoms with Gasteiger partial charge in [0.1, 0.15) is 11.5 Å². The number of nitrogens with zero attached hydrogens (tertiary/aromatic N) is 3. The van der Waals surface area contributed by atoms with Gasteiger partial charge in [-0.1, -0.05) is 152 Å². The minimum atomic E-state index is 0.619. The Kier molecular flexibility index (Phi) is 6.43. The molecule has 4 nitrogen and oxygen atoms in total. The molecule has 47 heavy (non-hydrogen) atoms. The van der Waals surface area contributed by atoms with Crippen LogP contribution in [0, 0.1) is 0 Å². The SMILES string of the molecule is c1ccc(-c2ccc(-c3nc(-c4ccccc4)nc(-c4ccc5c6c(cccc46)-c4cccc(-c6ccccc6)c4O5)n3)cc2)cc1. The lowest BCUT2D eigenvalue weighted by Gasteiger charge is -2.24. The minimum absolute atomic E-state index is 0.619. The number of benzene rings is 7. The first-order chi connectivity index (χ1) is 23.3. The fraction of sp³-hybridized carbons (Fsp3) is 0. The van der Waals surface area contributed by atoms with Crippen LogP contribution in [-0.4, -0.2) is 15.0 Å². The summed E-state index contributed by atoms with van der Waals surface area (Å²) in [5.74, 6) is 3.58. The first-order valence-corrected chi connectivity index (χ1v) is 15.7. The van der Waals surface area contributed by atoms with Gasteiger partial charge in [0.25, 0.3) is 0 Å². The molecule has 220 valence electrons. The highest BCUT2D eigenvalue weighted by Gasteiger charge is 2.25. The van der Waals surface area contributed by atoms with Crippen LogP contribution in [0.1, 0.15) is 0 Å². The van der Waals surface area contributed by atoms with Crippen LogP contribution in [0.4, 0.5) is 0 Å². The van der Waals surface area contributed by atoms with Gasteiger partial charge in [-0.3, -0.25) is 0 Å². The molecule has 0 fully saturated rings. The lowest BCUT2D eigenvalue weighted by molar-refractivity contribution is 0.489. The molecule has 8 aromatic rings. The third-order valence-corrected chi connectivity index (χ3v) is 8.76. The molecule has 0 radical (unpaired) electrons. The van der Waals surface area contributed by atoms with Crippen LogP contribution in [0.25, 0.3) is 78.3 Å². The van der Waals surface area contributed by atoms with Crippen molar-refractivity contribution in [1.82, 2.24) is 15.0 Å². The van der Waals surface area contributed by atoms with Crippen molar-refractivity contribution in [2.75, 3.05) is 0 Å². The topological polar surface area (TPSA) is 47.9 Å². The highest BCUT2D eigenvalue weighted by atomic mass is 16.5. The van der Waals surface area contributed by atoms with E-state index in [2.05, 4.69) is 115 Å². The van der Waals surface area contributed by atoms with Gasteiger partial charge in [-0.25, -0.2) is 15.0 Å². The second-order valence-corrected chi connectivity index (χ2v) is 11.6. The van der Waals surface area contributed by atoms with Crippen LogP contribution >= 0.6 is 0 Å². The number of aromatic nitrogens is 3. The first-order valence-electron chi connectivity index (χ1n) is 15.7. The molecule has 1 aromatic heterocycles. The number of para-hydroxylation sites is 1. The van der Waals surface area contributed by atoms with Crippen molar-refractivity contribution >= 4 is 10.8 Å². The van der Waals surface area contributed by atoms with E-state index in [1.165, 1.54) is 5.56 Å². The summed E-state index contributed by atoms with van der Waals surface area (Å²) in [6.07, 6.45) is 0. The zero-order valence-electron chi connectivity index (χ0n) is 25.3. The van der Waals surface area contributed by atoms with Crippen LogP contribution in [-0.2, 0) is 0 Å². The maximum Gasteiger partial charge on any atom is 0.164 e. The summed E-state index contributed by atoms with van der Waals surface area (Å²) in [6.45, 7) is 0. The van der Waals surface area contributed by atoms with E-state index in [1.54, 1.807) is 0 Å². The third kappa shape index (κ3) is 4.75. The molecule has 1 aliphatic heterocycles. The van der Waals surface area contributed by atoms with Gasteiger partial charge in [-0.05, 0) is 39.8 Å². The van der Waals surface area contributed by atoms with Crippen LogP contribution in [0.3, 0.4) is 0 Å². The van der Waals surface area contributed by atoms with Crippen LogP contribution < -0.4 is 4.74 Å². The van der Waals surface area contributed by atoms with E-state index in [0.717, 1.165) is 66.8 Å². The Morgan fingerprint density at radius 1 is 0.319 bits per heavy atom. The maximum atomic E-state index is 6.71. The molecule has 0 saturated heterocycles. The van der Waals surface area contributed by atoms with Crippen LogP contribution in [0.2, 0.25) is 0 Å². The van der Waals surface area contributed by atoms with E-state index < -0.39 is 0 Å². The van der Waals surface area contributed by atoms with E-state index >= 15 is 0 Å². The molecule has 0 amide bonds. The summed E-state index contributed by atoms with van der Waals surface area (Å²) >= 11 is 0. The van der Waals surface area contributed by atoms with Gasteiger partial charge in [0.15, 0.2) is 17.5 Å². The summed E-state index contributed by atoms with van der Waals surface area (Å²) in [5.41, 5.74) is 9.51. The van der Waals surface area contributed by atoms with Crippen molar-refractivity contribution in [2.45, 2.75) is 0 Å². The number of ether oxygens (including phenoxy) is 1. The molecule has 0 aliphatic carbocycles. The van der Waals surface area contributed by atoms with Crippen molar-refractivity contribution in [3.8, 4) is 79.0 Å². The van der Waals surface area contributed by atoms with Crippen molar-refractivity contribution in [3.05, 3.63) is 164 Å². The fourth-order valence-corrected chi connectivity index (χ4v) is 6.48. The summed E-state index contributed by atoms with van der Waals surface area (Å²) in [5, 5.41) is 2.09. The van der Waals surface area contributed by atoms with E-state index in [-0.39, 0.29) is 0 Å². The Hall–Kier alpha value is -6.39. The van der Waals surface area contributed by atoms with E-state index in [4.69, 9.17) is 19.7 Å². The lowest BCUT2D eigenvalue weighted by atomic mass is 9.90. The number of hydrogen-bond donors (Lipinski definition) is 0. The zero-order valence-corrected chi connectivity index (χ0v) is 25.3. The second kappa shape index (κ2) is 11.2. The summed E-state index contributed by atoms with van der Waals surface area (Å²) < 4.78 is 6.71. The molecule has 0 N–H and O–H groups in total. The van der Waals surface area contributed by atoms with Crippen LogP contribution in [0.5, 0.6) is 11.5 Å². The quantitative estimate of drug-likeness (QED) is 0.197. The predicted molar refractivity (Wildman–Crippen MR) is 190 cm³/mol. The number of fused-ring (bicyclic) bond motifs is 2. The van der Waals surface area contributed by atoms with Gasteiger partial charge in [-0.15, -0.1) is 0 Å². The third-order valence-electron chi connectivity index (χ3n) is 8.76. The molecule has 1 aliphatic rings. The zero-order chi connectivity index (χ0) is 31.2. The van der Waals surface area contributed by atoms with Gasteiger partial charge in [-0.2, -0.15) is 0 Å². The van der Waals surface area contributed by atoms with Gasteiger partial charge in [0, 0.05) is 33.2 Å². The van der Waals surface area contributed by atoms with Crippen molar-refractivity contribution in [1.29, 1.82) is 0 Å². The molecule has 0 spiro atoms. The Morgan fingerprint density at radius 2 is 0.830 bits per heavy atom. The summed E-state index contributed by atoms with van der Waals surface area (Å²) in [6, 6.07) is 56.2. The maximum absolute atomic E-state index is 6.71. The first kappa shape index (κ1) is 27.0. The summed E-state index contributed by atoms with van der Waals surface area (Å²) in [7, 11) is 0. The lowest BCUT2D eigenvalue weighted by Crippen LogP contribution is -2.02. The molecular weight excluding hydrogens is 574 g/mol. The van der Waals surface area contributed by atoms with Gasteiger partial charge in [0.2, 0.25) is 0 Å². The minimum Gasteiger partial charge on any atom is -0.455 e. The Balaban J connectivity index is 1.21. The van der Waals surface area contributed by atoms with Crippen molar-refractivity contribution in [2.24, 2.45) is 0 Å². The smallest absolute Gasteiger partial charge is 0.164 e. The van der Waals surface area contributed by atoms with Crippen LogP contribution in [0.15, 0.2) is 164 Å². The molecule has 0 saturated carbocycles. The Labute approximate surface area is 272 Å². The normalized spacial score (nSPS) is 11.6. The monoisotopic (exact) mass is 601 g/mol. The van der Waals surface area contributed by atoms with Gasteiger partial charge >= 0.3 is 0 Å². The van der Waals surface area contributed by atoms with Gasteiger partial charge in [0.05, 0.1) is 0 Å². The predicted octanol–water partition coefficient (Wildman–Crippen LogP) is 11.1. The van der Waals surface area contributed by atoms with Crippen molar-refractivity contribution in [3.63, 3.8) is 0 Å². The molecule has 0 unspecified atom stereocenters. The second-order valence-electron chi connectivity index (χ2n) is 11.6.